The Hall–Kier alpha value is -1.12. The number of nitrogens with one attached hydrogen (secondary N) is 1. The lowest BCUT2D eigenvalue weighted by Gasteiger charge is -2.39. The van der Waals surface area contributed by atoms with Crippen LogP contribution in [0.5, 0.6) is 0 Å². The van der Waals surface area contributed by atoms with Gasteiger partial charge < -0.3 is 10.2 Å². The molecule has 0 spiro atoms. The quantitative estimate of drug-likeness (QED) is 0.709. The molecule has 5 nitrogen and oxygen atoms in total. The predicted molar refractivity (Wildman–Crippen MR) is 61.7 cm³/mol. The van der Waals surface area contributed by atoms with E-state index >= 15 is 0 Å². The van der Waals surface area contributed by atoms with E-state index in [9.17, 15) is 4.79 Å². The van der Waals surface area contributed by atoms with Crippen LogP contribution in [0.25, 0.3) is 0 Å². The standard InChI is InChI=1S/C11H20N4O/c1-9-8-13-11(16)10(4-5-12)15(9)7-6-14(2)3/h9-10H,4,6-8H2,1-3H3,(H,13,16). The van der Waals surface area contributed by atoms with Gasteiger partial charge in [0.25, 0.3) is 0 Å². The molecule has 1 aliphatic rings. The predicted octanol–water partition coefficient (Wildman–Crippen LogP) is -0.349. The molecule has 1 amide bonds. The van der Waals surface area contributed by atoms with E-state index in [0.29, 0.717) is 12.6 Å². The molecule has 0 radical (unpaired) electrons. The fourth-order valence-corrected chi connectivity index (χ4v) is 1.93. The first kappa shape index (κ1) is 12.9. The summed E-state index contributed by atoms with van der Waals surface area (Å²) in [7, 11) is 4.02. The first-order valence-corrected chi connectivity index (χ1v) is 5.61. The highest BCUT2D eigenvalue weighted by Gasteiger charge is 2.33. The van der Waals surface area contributed by atoms with Crippen molar-refractivity contribution >= 4 is 5.91 Å². The smallest absolute Gasteiger partial charge is 0.238 e. The van der Waals surface area contributed by atoms with Crippen molar-refractivity contribution in [3.05, 3.63) is 0 Å². The zero-order valence-electron chi connectivity index (χ0n) is 10.2. The molecule has 2 unspecified atom stereocenters. The second kappa shape index (κ2) is 5.83. The van der Waals surface area contributed by atoms with Gasteiger partial charge in [0.15, 0.2) is 0 Å². The maximum Gasteiger partial charge on any atom is 0.238 e. The van der Waals surface area contributed by atoms with E-state index in [1.807, 2.05) is 14.1 Å². The number of carbonyl (C=O) groups excluding carboxylic acids is 1. The molecule has 1 saturated heterocycles. The maximum atomic E-state index is 11.7. The lowest BCUT2D eigenvalue weighted by Crippen LogP contribution is -2.60. The number of hydrogen-bond acceptors (Lipinski definition) is 4. The Morgan fingerprint density at radius 3 is 2.88 bits per heavy atom. The Balaban J connectivity index is 2.65. The van der Waals surface area contributed by atoms with Crippen LogP contribution in [0.1, 0.15) is 13.3 Å². The molecule has 0 bridgehead atoms. The number of rotatable bonds is 4. The van der Waals surface area contributed by atoms with Crippen LogP contribution in [-0.4, -0.2) is 61.5 Å². The zero-order chi connectivity index (χ0) is 12.1. The van der Waals surface area contributed by atoms with Crippen molar-refractivity contribution in [2.45, 2.75) is 25.4 Å². The molecule has 0 aromatic rings. The third kappa shape index (κ3) is 3.19. The van der Waals surface area contributed by atoms with Gasteiger partial charge in [0.1, 0.15) is 6.04 Å². The molecule has 0 aromatic carbocycles. The molecule has 16 heavy (non-hydrogen) atoms. The van der Waals surface area contributed by atoms with E-state index < -0.39 is 0 Å². The summed E-state index contributed by atoms with van der Waals surface area (Å²) in [6.07, 6.45) is 0.267. The third-order valence-electron chi connectivity index (χ3n) is 2.93. The number of nitriles is 1. The summed E-state index contributed by atoms with van der Waals surface area (Å²) in [6.45, 7) is 4.49. The van der Waals surface area contributed by atoms with E-state index in [0.717, 1.165) is 13.1 Å². The SMILES string of the molecule is CC1CNC(=O)C(CC#N)N1CCN(C)C. The lowest BCUT2D eigenvalue weighted by molar-refractivity contribution is -0.130. The van der Waals surface area contributed by atoms with Gasteiger partial charge in [0.05, 0.1) is 12.5 Å². The average Bonchev–Trinajstić information content (AvgIpc) is 2.22. The molecular formula is C11H20N4O. The van der Waals surface area contributed by atoms with E-state index in [1.54, 1.807) is 0 Å². The van der Waals surface area contributed by atoms with Crippen LogP contribution >= 0.6 is 0 Å². The molecule has 0 saturated carbocycles. The highest BCUT2D eigenvalue weighted by molar-refractivity contribution is 5.82. The highest BCUT2D eigenvalue weighted by Crippen LogP contribution is 2.13. The number of nitrogens with zero attached hydrogens (tertiary/aromatic N) is 3. The molecule has 0 aliphatic carbocycles. The summed E-state index contributed by atoms with van der Waals surface area (Å²) in [5.74, 6) is -0.0154. The van der Waals surface area contributed by atoms with Gasteiger partial charge in [-0.05, 0) is 21.0 Å². The number of amides is 1. The van der Waals surface area contributed by atoms with Crippen molar-refractivity contribution in [3.8, 4) is 6.07 Å². The van der Waals surface area contributed by atoms with E-state index in [4.69, 9.17) is 5.26 Å². The number of hydrogen-bond donors (Lipinski definition) is 1. The van der Waals surface area contributed by atoms with Crippen LogP contribution in [0.4, 0.5) is 0 Å². The molecule has 1 N–H and O–H groups in total. The summed E-state index contributed by atoms with van der Waals surface area (Å²) in [5, 5.41) is 11.6. The Morgan fingerprint density at radius 2 is 2.31 bits per heavy atom. The Morgan fingerprint density at radius 1 is 1.62 bits per heavy atom. The molecule has 1 heterocycles. The Bertz CT molecular complexity index is 284. The number of likely N-dealkylation sites (N-methyl/N-ethyl adjacent to an activating group) is 1. The van der Waals surface area contributed by atoms with Crippen LogP contribution in [0.15, 0.2) is 0 Å². The van der Waals surface area contributed by atoms with Crippen molar-refractivity contribution in [2.75, 3.05) is 33.7 Å². The molecular weight excluding hydrogens is 204 g/mol. The summed E-state index contributed by atoms with van der Waals surface area (Å²) in [6, 6.07) is 2.11. The fourth-order valence-electron chi connectivity index (χ4n) is 1.93. The second-order valence-electron chi connectivity index (χ2n) is 4.51. The molecule has 2 atom stereocenters. The van der Waals surface area contributed by atoms with Crippen LogP contribution in [0, 0.1) is 11.3 Å². The maximum absolute atomic E-state index is 11.7. The van der Waals surface area contributed by atoms with E-state index in [-0.39, 0.29) is 18.4 Å². The molecule has 1 aliphatic heterocycles. The van der Waals surface area contributed by atoms with Crippen LogP contribution in [-0.2, 0) is 4.79 Å². The normalized spacial score (nSPS) is 26.6. The number of piperazine rings is 1. The summed E-state index contributed by atoms with van der Waals surface area (Å²) < 4.78 is 0. The third-order valence-corrected chi connectivity index (χ3v) is 2.93. The van der Waals surface area contributed by atoms with E-state index in [2.05, 4.69) is 28.1 Å². The van der Waals surface area contributed by atoms with Gasteiger partial charge in [-0.15, -0.1) is 0 Å². The molecule has 1 rings (SSSR count). The first-order chi connectivity index (χ1) is 7.56. The molecule has 90 valence electrons. The largest absolute Gasteiger partial charge is 0.353 e. The van der Waals surface area contributed by atoms with Crippen molar-refractivity contribution in [3.63, 3.8) is 0 Å². The minimum absolute atomic E-state index is 0.0154. The van der Waals surface area contributed by atoms with Gasteiger partial charge in [-0.1, -0.05) is 0 Å². The minimum atomic E-state index is -0.284. The second-order valence-corrected chi connectivity index (χ2v) is 4.51. The zero-order valence-corrected chi connectivity index (χ0v) is 10.2. The van der Waals surface area contributed by atoms with Gasteiger partial charge in [-0.25, -0.2) is 0 Å². The monoisotopic (exact) mass is 224 g/mol. The van der Waals surface area contributed by atoms with Gasteiger partial charge in [-0.2, -0.15) is 5.26 Å². The van der Waals surface area contributed by atoms with Crippen LogP contribution in [0.3, 0.4) is 0 Å². The minimum Gasteiger partial charge on any atom is -0.353 e. The fraction of sp³-hybridized carbons (Fsp3) is 0.818. The highest BCUT2D eigenvalue weighted by atomic mass is 16.2. The molecule has 5 heteroatoms. The summed E-state index contributed by atoms with van der Waals surface area (Å²) >= 11 is 0. The van der Waals surface area contributed by atoms with Crippen molar-refractivity contribution in [1.29, 1.82) is 5.26 Å². The van der Waals surface area contributed by atoms with Gasteiger partial charge in [-0.3, -0.25) is 9.69 Å². The average molecular weight is 224 g/mol. The van der Waals surface area contributed by atoms with Gasteiger partial charge in [0.2, 0.25) is 5.91 Å². The van der Waals surface area contributed by atoms with Crippen LogP contribution < -0.4 is 5.32 Å². The summed E-state index contributed by atoms with van der Waals surface area (Å²) in [4.78, 5) is 15.9. The van der Waals surface area contributed by atoms with Crippen LogP contribution in [0.2, 0.25) is 0 Å². The van der Waals surface area contributed by atoms with Gasteiger partial charge >= 0.3 is 0 Å². The first-order valence-electron chi connectivity index (χ1n) is 5.61. The Kier molecular flexibility index (Phi) is 4.71. The Labute approximate surface area is 97.0 Å². The molecule has 1 fully saturated rings. The molecule has 0 aromatic heterocycles. The lowest BCUT2D eigenvalue weighted by atomic mass is 10.1. The summed E-state index contributed by atoms with van der Waals surface area (Å²) in [5.41, 5.74) is 0. The van der Waals surface area contributed by atoms with Crippen molar-refractivity contribution < 1.29 is 4.79 Å². The van der Waals surface area contributed by atoms with E-state index in [1.165, 1.54) is 0 Å². The topological polar surface area (TPSA) is 59.4 Å². The van der Waals surface area contributed by atoms with Crippen molar-refractivity contribution in [1.82, 2.24) is 15.1 Å². The van der Waals surface area contributed by atoms with Crippen molar-refractivity contribution in [2.24, 2.45) is 0 Å². The van der Waals surface area contributed by atoms with Gasteiger partial charge in [0, 0.05) is 25.7 Å². The number of carbonyl (C=O) groups is 1.